The first-order chi connectivity index (χ1) is 10.1. The van der Waals surface area contributed by atoms with Crippen LogP contribution in [0.25, 0.3) is 10.8 Å². The van der Waals surface area contributed by atoms with Gasteiger partial charge in [-0.15, -0.1) is 0 Å². The van der Waals surface area contributed by atoms with Gasteiger partial charge >= 0.3 is 0 Å². The molecule has 0 aliphatic rings. The third-order valence-corrected chi connectivity index (χ3v) is 5.44. The van der Waals surface area contributed by atoms with Crippen LogP contribution in [-0.4, -0.2) is 16.5 Å². The van der Waals surface area contributed by atoms with E-state index < -0.39 is 0 Å². The number of fused-ring (bicyclic) bond motifs is 1. The molecule has 0 heterocycles. The van der Waals surface area contributed by atoms with Crippen LogP contribution < -0.4 is 4.74 Å². The maximum absolute atomic E-state index is 9.51. The fraction of sp³-hybridized carbons (Fsp3) is 0.412. The van der Waals surface area contributed by atoms with Crippen LogP contribution >= 0.6 is 31.9 Å². The second-order valence-corrected chi connectivity index (χ2v) is 7.22. The highest BCUT2D eigenvalue weighted by Gasteiger charge is 2.07. The monoisotopic (exact) mass is 414 g/mol. The molecular weight excluding hydrogens is 396 g/mol. The second kappa shape index (κ2) is 8.04. The number of aromatic hydroxyl groups is 1. The first kappa shape index (κ1) is 16.6. The van der Waals surface area contributed by atoms with Crippen molar-refractivity contribution >= 4 is 42.6 Å². The number of unbranched alkanes of at least 4 members (excludes halogenated alkanes) is 1. The number of phenols is 1. The fourth-order valence-electron chi connectivity index (χ4n) is 2.22. The van der Waals surface area contributed by atoms with Crippen molar-refractivity contribution < 1.29 is 9.84 Å². The lowest BCUT2D eigenvalue weighted by molar-refractivity contribution is 0.304. The van der Waals surface area contributed by atoms with Gasteiger partial charge in [0.15, 0.2) is 0 Å². The zero-order valence-corrected chi connectivity index (χ0v) is 15.3. The minimum absolute atomic E-state index is 0.281. The second-order valence-electron chi connectivity index (χ2n) is 5.13. The predicted octanol–water partition coefficient (Wildman–Crippen LogP) is 6.03. The normalized spacial score (nSPS) is 12.5. The first-order valence-corrected chi connectivity index (χ1v) is 9.00. The molecule has 0 radical (unpaired) electrons. The highest BCUT2D eigenvalue weighted by molar-refractivity contribution is 9.10. The molecule has 0 aliphatic carbocycles. The lowest BCUT2D eigenvalue weighted by Crippen LogP contribution is -2.01. The van der Waals surface area contributed by atoms with Gasteiger partial charge in [0.05, 0.1) is 11.1 Å². The number of hydrogen-bond acceptors (Lipinski definition) is 2. The predicted molar refractivity (Wildman–Crippen MR) is 95.7 cm³/mol. The Morgan fingerprint density at radius 2 is 2.00 bits per heavy atom. The van der Waals surface area contributed by atoms with Gasteiger partial charge in [-0.25, -0.2) is 0 Å². The summed E-state index contributed by atoms with van der Waals surface area (Å²) in [5.74, 6) is 1.14. The summed E-state index contributed by atoms with van der Waals surface area (Å²) in [6.07, 6.45) is 4.59. The van der Waals surface area contributed by atoms with E-state index in [9.17, 15) is 5.11 Å². The van der Waals surface area contributed by atoms with E-state index in [2.05, 4.69) is 38.8 Å². The van der Waals surface area contributed by atoms with Crippen molar-refractivity contribution in [1.29, 1.82) is 0 Å². The molecule has 0 aliphatic heterocycles. The van der Waals surface area contributed by atoms with E-state index in [-0.39, 0.29) is 5.75 Å². The molecule has 4 heteroatoms. The van der Waals surface area contributed by atoms with Crippen molar-refractivity contribution in [2.75, 3.05) is 6.61 Å². The van der Waals surface area contributed by atoms with Crippen LogP contribution in [0, 0.1) is 0 Å². The molecule has 0 spiro atoms. The molecule has 0 amide bonds. The van der Waals surface area contributed by atoms with E-state index in [1.807, 2.05) is 18.2 Å². The molecule has 2 rings (SSSR count). The Hall–Kier alpha value is -0.740. The van der Waals surface area contributed by atoms with Gasteiger partial charge in [0.1, 0.15) is 11.5 Å². The van der Waals surface area contributed by atoms with Crippen LogP contribution in [-0.2, 0) is 0 Å². The van der Waals surface area contributed by atoms with Gasteiger partial charge < -0.3 is 9.84 Å². The maximum Gasteiger partial charge on any atom is 0.134 e. The molecule has 1 N–H and O–H groups in total. The maximum atomic E-state index is 9.51. The lowest BCUT2D eigenvalue weighted by Gasteiger charge is -2.11. The molecule has 2 aromatic carbocycles. The largest absolute Gasteiger partial charge is 0.508 e. The standard InChI is InChI=1S/C17H20Br2O2/c1-2-13(18)5-3-4-10-21-16-9-6-12-11-14(20)7-8-15(12)17(16)19/h6-9,11,13,20H,2-5,10H2,1H3. The van der Waals surface area contributed by atoms with E-state index in [1.54, 1.807) is 12.1 Å². The summed E-state index contributed by atoms with van der Waals surface area (Å²) in [5, 5.41) is 11.6. The van der Waals surface area contributed by atoms with Crippen LogP contribution in [0.15, 0.2) is 34.8 Å². The van der Waals surface area contributed by atoms with Crippen molar-refractivity contribution in [3.8, 4) is 11.5 Å². The minimum atomic E-state index is 0.281. The third kappa shape index (κ3) is 4.62. The van der Waals surface area contributed by atoms with Crippen LogP contribution in [0.5, 0.6) is 11.5 Å². The molecule has 1 atom stereocenters. The summed E-state index contributed by atoms with van der Waals surface area (Å²) < 4.78 is 6.82. The molecule has 2 nitrogen and oxygen atoms in total. The van der Waals surface area contributed by atoms with Gasteiger partial charge in [0.25, 0.3) is 0 Å². The molecule has 21 heavy (non-hydrogen) atoms. The van der Waals surface area contributed by atoms with Crippen molar-refractivity contribution in [2.45, 2.75) is 37.4 Å². The van der Waals surface area contributed by atoms with E-state index in [4.69, 9.17) is 4.74 Å². The zero-order valence-electron chi connectivity index (χ0n) is 12.1. The van der Waals surface area contributed by atoms with E-state index in [0.29, 0.717) is 4.83 Å². The highest BCUT2D eigenvalue weighted by Crippen LogP contribution is 2.34. The topological polar surface area (TPSA) is 29.5 Å². The van der Waals surface area contributed by atoms with Crippen molar-refractivity contribution in [2.24, 2.45) is 0 Å². The summed E-state index contributed by atoms with van der Waals surface area (Å²) >= 11 is 7.25. The van der Waals surface area contributed by atoms with Gasteiger partial charge in [0.2, 0.25) is 0 Å². The lowest BCUT2D eigenvalue weighted by atomic mass is 10.1. The molecule has 0 saturated carbocycles. The van der Waals surface area contributed by atoms with Gasteiger partial charge in [0, 0.05) is 4.83 Å². The Labute approximate surface area is 142 Å². The molecule has 1 unspecified atom stereocenters. The summed E-state index contributed by atoms with van der Waals surface area (Å²) in [7, 11) is 0. The third-order valence-electron chi connectivity index (χ3n) is 3.51. The summed E-state index contributed by atoms with van der Waals surface area (Å²) in [6.45, 7) is 2.92. The van der Waals surface area contributed by atoms with Crippen LogP contribution in [0.3, 0.4) is 0 Å². The SMILES string of the molecule is CCC(Br)CCCCOc1ccc2cc(O)ccc2c1Br. The molecule has 0 saturated heterocycles. The van der Waals surface area contributed by atoms with E-state index >= 15 is 0 Å². The number of halogens is 2. The number of rotatable bonds is 7. The number of phenolic OH excluding ortho intramolecular Hbond substituents is 1. The quantitative estimate of drug-likeness (QED) is 0.441. The minimum Gasteiger partial charge on any atom is -0.508 e. The number of ether oxygens (including phenoxy) is 1. The molecule has 0 bridgehead atoms. The van der Waals surface area contributed by atoms with Gasteiger partial charge in [-0.2, -0.15) is 0 Å². The van der Waals surface area contributed by atoms with Crippen molar-refractivity contribution in [1.82, 2.24) is 0 Å². The fourth-order valence-corrected chi connectivity index (χ4v) is 3.16. The average Bonchev–Trinajstić information content (AvgIpc) is 2.48. The Bertz CT molecular complexity index is 599. The Balaban J connectivity index is 1.93. The summed E-state index contributed by atoms with van der Waals surface area (Å²) in [6, 6.07) is 9.27. The Morgan fingerprint density at radius 1 is 1.19 bits per heavy atom. The van der Waals surface area contributed by atoms with Crippen LogP contribution in [0.2, 0.25) is 0 Å². The molecule has 0 fully saturated rings. The average molecular weight is 416 g/mol. The van der Waals surface area contributed by atoms with Crippen LogP contribution in [0.4, 0.5) is 0 Å². The van der Waals surface area contributed by atoms with Crippen LogP contribution in [0.1, 0.15) is 32.6 Å². The van der Waals surface area contributed by atoms with Crippen molar-refractivity contribution in [3.63, 3.8) is 0 Å². The summed E-state index contributed by atoms with van der Waals surface area (Å²) in [4.78, 5) is 0.623. The molecule has 2 aromatic rings. The molecular formula is C17H20Br2O2. The number of benzene rings is 2. The smallest absolute Gasteiger partial charge is 0.134 e. The van der Waals surface area contributed by atoms with Gasteiger partial charge in [-0.3, -0.25) is 0 Å². The zero-order chi connectivity index (χ0) is 15.2. The molecule has 114 valence electrons. The van der Waals surface area contributed by atoms with E-state index in [0.717, 1.165) is 34.0 Å². The van der Waals surface area contributed by atoms with Gasteiger partial charge in [-0.1, -0.05) is 28.9 Å². The molecule has 0 aromatic heterocycles. The number of hydrogen-bond donors (Lipinski definition) is 1. The Kier molecular flexibility index (Phi) is 6.37. The van der Waals surface area contributed by atoms with Crippen molar-refractivity contribution in [3.05, 3.63) is 34.8 Å². The highest BCUT2D eigenvalue weighted by atomic mass is 79.9. The van der Waals surface area contributed by atoms with E-state index in [1.165, 1.54) is 19.3 Å². The number of alkyl halides is 1. The Morgan fingerprint density at radius 3 is 2.76 bits per heavy atom. The van der Waals surface area contributed by atoms with Gasteiger partial charge in [-0.05, 0) is 76.7 Å². The first-order valence-electron chi connectivity index (χ1n) is 7.30. The summed E-state index contributed by atoms with van der Waals surface area (Å²) in [5.41, 5.74) is 0.